The number of pyridine rings is 1. The zero-order valence-corrected chi connectivity index (χ0v) is 11.0. The highest BCUT2D eigenvalue weighted by molar-refractivity contribution is 5.94. The highest BCUT2D eigenvalue weighted by atomic mass is 16.2. The van der Waals surface area contributed by atoms with Crippen molar-refractivity contribution < 1.29 is 9.90 Å². The van der Waals surface area contributed by atoms with E-state index in [1.54, 1.807) is 18.3 Å². The molecule has 4 heteroatoms. The predicted octanol–water partition coefficient (Wildman–Crippen LogP) is 1.34. The highest BCUT2D eigenvalue weighted by Crippen LogP contribution is 2.32. The molecule has 2 rings (SSSR count). The summed E-state index contributed by atoms with van der Waals surface area (Å²) in [5, 5.41) is 11.7. The lowest BCUT2D eigenvalue weighted by atomic mass is 10.1. The molecule has 1 aromatic heterocycles. The van der Waals surface area contributed by atoms with Gasteiger partial charge in [0.2, 0.25) is 0 Å². The van der Waals surface area contributed by atoms with Gasteiger partial charge >= 0.3 is 0 Å². The summed E-state index contributed by atoms with van der Waals surface area (Å²) in [6.45, 7) is 2.04. The lowest BCUT2D eigenvalue weighted by molar-refractivity contribution is 0.0930. The SMILES string of the molecule is CC(NC(=O)c1ncccc1C#CCCO)C1CC1. The number of hydrogen-bond acceptors (Lipinski definition) is 3. The lowest BCUT2D eigenvalue weighted by Crippen LogP contribution is -2.34. The van der Waals surface area contributed by atoms with Crippen molar-refractivity contribution in [1.82, 2.24) is 10.3 Å². The van der Waals surface area contributed by atoms with Gasteiger partial charge in [-0.1, -0.05) is 11.8 Å². The van der Waals surface area contributed by atoms with Gasteiger partial charge in [-0.05, 0) is 37.8 Å². The fourth-order valence-electron chi connectivity index (χ4n) is 1.89. The van der Waals surface area contributed by atoms with Gasteiger partial charge in [-0.2, -0.15) is 0 Å². The molecule has 0 saturated heterocycles. The molecule has 100 valence electrons. The van der Waals surface area contributed by atoms with E-state index in [1.807, 2.05) is 6.92 Å². The summed E-state index contributed by atoms with van der Waals surface area (Å²) in [6, 6.07) is 3.71. The molecule has 1 aromatic rings. The van der Waals surface area contributed by atoms with Crippen molar-refractivity contribution in [3.8, 4) is 11.8 Å². The molecular weight excluding hydrogens is 240 g/mol. The van der Waals surface area contributed by atoms with Crippen LogP contribution in [0.1, 0.15) is 42.2 Å². The number of amides is 1. The predicted molar refractivity (Wildman–Crippen MR) is 72.5 cm³/mol. The molecule has 0 radical (unpaired) electrons. The number of nitrogens with zero attached hydrogens (tertiary/aromatic N) is 1. The molecule has 2 N–H and O–H groups in total. The Morgan fingerprint density at radius 2 is 2.42 bits per heavy atom. The van der Waals surface area contributed by atoms with Crippen LogP contribution in [0.4, 0.5) is 0 Å². The van der Waals surface area contributed by atoms with E-state index in [0.717, 1.165) is 0 Å². The van der Waals surface area contributed by atoms with Crippen molar-refractivity contribution >= 4 is 5.91 Å². The Morgan fingerprint density at radius 1 is 1.63 bits per heavy atom. The van der Waals surface area contributed by atoms with Gasteiger partial charge in [0.05, 0.1) is 12.2 Å². The topological polar surface area (TPSA) is 62.2 Å². The number of carbonyl (C=O) groups is 1. The molecule has 0 bridgehead atoms. The maximum absolute atomic E-state index is 12.2. The summed E-state index contributed by atoms with van der Waals surface area (Å²) < 4.78 is 0. The molecule has 1 heterocycles. The summed E-state index contributed by atoms with van der Waals surface area (Å²) in [5.41, 5.74) is 0.969. The van der Waals surface area contributed by atoms with Crippen LogP contribution in [0.25, 0.3) is 0 Å². The smallest absolute Gasteiger partial charge is 0.271 e. The van der Waals surface area contributed by atoms with Gasteiger partial charge in [0.1, 0.15) is 5.69 Å². The highest BCUT2D eigenvalue weighted by Gasteiger charge is 2.29. The van der Waals surface area contributed by atoms with Crippen molar-refractivity contribution in [1.29, 1.82) is 0 Å². The summed E-state index contributed by atoms with van der Waals surface area (Å²) in [4.78, 5) is 16.3. The van der Waals surface area contributed by atoms with Crippen LogP contribution in [-0.2, 0) is 0 Å². The second-order valence-electron chi connectivity index (χ2n) is 4.77. The number of aliphatic hydroxyl groups is 1. The third-order valence-corrected chi connectivity index (χ3v) is 3.17. The van der Waals surface area contributed by atoms with Crippen LogP contribution < -0.4 is 5.32 Å². The Kier molecular flexibility index (Phi) is 4.53. The zero-order chi connectivity index (χ0) is 13.7. The molecule has 4 nitrogen and oxygen atoms in total. The Morgan fingerprint density at radius 3 is 3.11 bits per heavy atom. The molecular formula is C15H18N2O2. The largest absolute Gasteiger partial charge is 0.395 e. The van der Waals surface area contributed by atoms with E-state index in [1.165, 1.54) is 12.8 Å². The van der Waals surface area contributed by atoms with Crippen LogP contribution >= 0.6 is 0 Å². The second kappa shape index (κ2) is 6.35. The first-order valence-corrected chi connectivity index (χ1v) is 6.58. The molecule has 19 heavy (non-hydrogen) atoms. The molecule has 0 spiro atoms. The normalized spacial score (nSPS) is 15.3. The summed E-state index contributed by atoms with van der Waals surface area (Å²) >= 11 is 0. The van der Waals surface area contributed by atoms with E-state index in [2.05, 4.69) is 22.1 Å². The van der Waals surface area contributed by atoms with Crippen LogP contribution in [0.3, 0.4) is 0 Å². The van der Waals surface area contributed by atoms with Crippen molar-refractivity contribution in [2.24, 2.45) is 5.92 Å². The Balaban J connectivity index is 2.10. The molecule has 1 amide bonds. The number of carbonyl (C=O) groups excluding carboxylic acids is 1. The maximum atomic E-state index is 12.2. The maximum Gasteiger partial charge on any atom is 0.271 e. The quantitative estimate of drug-likeness (QED) is 0.801. The third kappa shape index (κ3) is 3.80. The molecule has 1 saturated carbocycles. The zero-order valence-electron chi connectivity index (χ0n) is 11.0. The minimum Gasteiger partial charge on any atom is -0.395 e. The van der Waals surface area contributed by atoms with E-state index < -0.39 is 0 Å². The number of aliphatic hydroxyl groups excluding tert-OH is 1. The van der Waals surface area contributed by atoms with Crippen LogP contribution in [0.5, 0.6) is 0 Å². The van der Waals surface area contributed by atoms with Crippen molar-refractivity contribution in [3.05, 3.63) is 29.6 Å². The van der Waals surface area contributed by atoms with Gasteiger partial charge in [0.25, 0.3) is 5.91 Å². The molecule has 1 atom stereocenters. The Bertz CT molecular complexity index is 512. The van der Waals surface area contributed by atoms with E-state index in [0.29, 0.717) is 23.6 Å². The number of nitrogens with one attached hydrogen (secondary N) is 1. The molecule has 1 aliphatic carbocycles. The van der Waals surface area contributed by atoms with Crippen LogP contribution in [-0.4, -0.2) is 28.6 Å². The molecule has 1 aliphatic rings. The number of rotatable bonds is 4. The van der Waals surface area contributed by atoms with Gasteiger partial charge in [-0.25, -0.2) is 4.98 Å². The van der Waals surface area contributed by atoms with E-state index in [9.17, 15) is 4.79 Å². The van der Waals surface area contributed by atoms with Crippen molar-refractivity contribution in [2.45, 2.75) is 32.2 Å². The Labute approximate surface area is 113 Å². The number of aromatic nitrogens is 1. The Hall–Kier alpha value is -1.86. The van der Waals surface area contributed by atoms with Gasteiger partial charge < -0.3 is 10.4 Å². The van der Waals surface area contributed by atoms with Crippen molar-refractivity contribution in [3.63, 3.8) is 0 Å². The van der Waals surface area contributed by atoms with Crippen LogP contribution in [0, 0.1) is 17.8 Å². The standard InChI is InChI=1S/C15H18N2O2/c1-11(12-7-8-12)17-15(19)14-13(5-2-3-10-18)6-4-9-16-14/h4,6,9,11-12,18H,3,7-8,10H2,1H3,(H,17,19). The van der Waals surface area contributed by atoms with Gasteiger partial charge in [-0.15, -0.1) is 0 Å². The lowest BCUT2D eigenvalue weighted by Gasteiger charge is -2.12. The molecule has 1 unspecified atom stereocenters. The fraction of sp³-hybridized carbons (Fsp3) is 0.467. The second-order valence-corrected chi connectivity index (χ2v) is 4.77. The average molecular weight is 258 g/mol. The molecule has 0 aliphatic heterocycles. The minimum atomic E-state index is -0.173. The minimum absolute atomic E-state index is 0.0213. The van der Waals surface area contributed by atoms with Crippen LogP contribution in [0.15, 0.2) is 18.3 Å². The number of hydrogen-bond donors (Lipinski definition) is 2. The summed E-state index contributed by atoms with van der Waals surface area (Å²) in [5.74, 6) is 6.13. The van der Waals surface area contributed by atoms with Gasteiger partial charge in [0.15, 0.2) is 0 Å². The third-order valence-electron chi connectivity index (χ3n) is 3.17. The fourth-order valence-corrected chi connectivity index (χ4v) is 1.89. The van der Waals surface area contributed by atoms with E-state index in [4.69, 9.17) is 5.11 Å². The summed E-state index contributed by atoms with van der Waals surface area (Å²) in [7, 11) is 0. The monoisotopic (exact) mass is 258 g/mol. The first-order valence-electron chi connectivity index (χ1n) is 6.58. The van der Waals surface area contributed by atoms with Crippen LogP contribution in [0.2, 0.25) is 0 Å². The molecule has 1 fully saturated rings. The first kappa shape index (κ1) is 13.6. The molecule has 0 aromatic carbocycles. The van der Waals surface area contributed by atoms with Gasteiger partial charge in [0, 0.05) is 18.7 Å². The first-order chi connectivity index (χ1) is 9.22. The van der Waals surface area contributed by atoms with E-state index in [-0.39, 0.29) is 18.6 Å². The summed E-state index contributed by atoms with van der Waals surface area (Å²) in [6.07, 6.45) is 4.36. The average Bonchev–Trinajstić information content (AvgIpc) is 3.24. The van der Waals surface area contributed by atoms with Crippen molar-refractivity contribution in [2.75, 3.05) is 6.61 Å². The van der Waals surface area contributed by atoms with Gasteiger partial charge in [-0.3, -0.25) is 4.79 Å². The van der Waals surface area contributed by atoms with E-state index >= 15 is 0 Å².